The van der Waals surface area contributed by atoms with E-state index in [2.05, 4.69) is 25.5 Å². The number of carbonyl (C=O) groups is 2. The van der Waals surface area contributed by atoms with E-state index in [9.17, 15) is 9.59 Å². The Morgan fingerprint density at radius 2 is 2.35 bits per heavy atom. The Bertz CT molecular complexity index is 581. The van der Waals surface area contributed by atoms with E-state index in [4.69, 9.17) is 0 Å². The molecule has 0 fully saturated rings. The van der Waals surface area contributed by atoms with Crippen LogP contribution in [0.1, 0.15) is 6.42 Å². The van der Waals surface area contributed by atoms with Gasteiger partial charge < -0.3 is 10.1 Å². The molecule has 2 rings (SSSR count). The van der Waals surface area contributed by atoms with Crippen LogP contribution < -0.4 is 5.32 Å². The molecule has 9 heteroatoms. The van der Waals surface area contributed by atoms with Gasteiger partial charge >= 0.3 is 5.97 Å². The lowest BCUT2D eigenvalue weighted by Crippen LogP contribution is -2.30. The lowest BCUT2D eigenvalue weighted by atomic mass is 10.4. The first kappa shape index (κ1) is 14.1. The van der Waals surface area contributed by atoms with Crippen LogP contribution in [-0.2, 0) is 20.9 Å². The molecule has 2 aromatic heterocycles. The van der Waals surface area contributed by atoms with E-state index in [0.717, 1.165) is 4.88 Å². The number of hydrogen-bond acceptors (Lipinski definition) is 7. The molecule has 0 aliphatic carbocycles. The highest BCUT2D eigenvalue weighted by molar-refractivity contribution is 7.13. The monoisotopic (exact) mass is 295 g/mol. The maximum Gasteiger partial charge on any atom is 0.307 e. The number of amides is 1. The van der Waals surface area contributed by atoms with Gasteiger partial charge in [0, 0.05) is 6.54 Å². The second kappa shape index (κ2) is 6.75. The van der Waals surface area contributed by atoms with Gasteiger partial charge in [0.25, 0.3) is 0 Å². The minimum atomic E-state index is -0.371. The van der Waals surface area contributed by atoms with Crippen LogP contribution in [0, 0.1) is 0 Å². The Balaban J connectivity index is 1.81. The summed E-state index contributed by atoms with van der Waals surface area (Å²) in [5.41, 5.74) is 0. The summed E-state index contributed by atoms with van der Waals surface area (Å²) in [7, 11) is 1.30. The largest absolute Gasteiger partial charge is 0.469 e. The number of esters is 1. The van der Waals surface area contributed by atoms with E-state index in [1.165, 1.54) is 23.2 Å². The first-order chi connectivity index (χ1) is 9.69. The predicted octanol–water partition coefficient (Wildman–Crippen LogP) is 0.0809. The van der Waals surface area contributed by atoms with Crippen molar-refractivity contribution >= 4 is 23.2 Å². The molecule has 0 unspecified atom stereocenters. The van der Waals surface area contributed by atoms with E-state index in [1.54, 1.807) is 0 Å². The molecule has 8 nitrogen and oxygen atoms in total. The zero-order valence-electron chi connectivity index (χ0n) is 10.8. The summed E-state index contributed by atoms with van der Waals surface area (Å²) in [5.74, 6) is -0.171. The fraction of sp³-hybridized carbons (Fsp3) is 0.364. The molecule has 2 aromatic rings. The van der Waals surface area contributed by atoms with Crippen LogP contribution in [0.3, 0.4) is 0 Å². The van der Waals surface area contributed by atoms with Crippen molar-refractivity contribution in [3.05, 3.63) is 17.5 Å². The third kappa shape index (κ3) is 3.85. The summed E-state index contributed by atoms with van der Waals surface area (Å²) in [6.07, 6.45) is 0.132. The van der Waals surface area contributed by atoms with Crippen LogP contribution in [0.2, 0.25) is 0 Å². The number of ether oxygens (including phenoxy) is 1. The van der Waals surface area contributed by atoms with Gasteiger partial charge in [-0.15, -0.1) is 21.5 Å². The summed E-state index contributed by atoms with van der Waals surface area (Å²) in [5, 5.41) is 16.3. The lowest BCUT2D eigenvalue weighted by Gasteiger charge is -2.02. The minimum absolute atomic E-state index is 0.0421. The van der Waals surface area contributed by atoms with Crippen LogP contribution in [0.15, 0.2) is 17.5 Å². The second-order valence-corrected chi connectivity index (χ2v) is 4.74. The van der Waals surface area contributed by atoms with Gasteiger partial charge in [0.05, 0.1) is 18.4 Å². The fourth-order valence-electron chi connectivity index (χ4n) is 1.41. The van der Waals surface area contributed by atoms with Crippen LogP contribution in [-0.4, -0.2) is 45.7 Å². The SMILES string of the molecule is COC(=O)CCNC(=O)Cn1nnc(-c2cccs2)n1. The molecule has 106 valence electrons. The van der Waals surface area contributed by atoms with Gasteiger partial charge in [-0.2, -0.15) is 4.80 Å². The number of nitrogens with one attached hydrogen (secondary N) is 1. The molecular formula is C11H13N5O3S. The van der Waals surface area contributed by atoms with Crippen molar-refractivity contribution < 1.29 is 14.3 Å². The van der Waals surface area contributed by atoms with Crippen molar-refractivity contribution in [1.82, 2.24) is 25.5 Å². The van der Waals surface area contributed by atoms with Gasteiger partial charge in [0.2, 0.25) is 11.7 Å². The Labute approximate surface area is 118 Å². The Morgan fingerprint density at radius 1 is 1.50 bits per heavy atom. The van der Waals surface area contributed by atoms with Crippen molar-refractivity contribution in [3.8, 4) is 10.7 Å². The highest BCUT2D eigenvalue weighted by Gasteiger charge is 2.10. The molecule has 0 saturated carbocycles. The number of thiophene rings is 1. The van der Waals surface area contributed by atoms with E-state index in [1.807, 2.05) is 17.5 Å². The van der Waals surface area contributed by atoms with E-state index >= 15 is 0 Å². The summed E-state index contributed by atoms with van der Waals surface area (Å²) in [4.78, 5) is 24.6. The van der Waals surface area contributed by atoms with Crippen molar-refractivity contribution in [2.24, 2.45) is 0 Å². The van der Waals surface area contributed by atoms with Gasteiger partial charge in [-0.3, -0.25) is 9.59 Å². The van der Waals surface area contributed by atoms with Gasteiger partial charge in [0.1, 0.15) is 6.54 Å². The van der Waals surface area contributed by atoms with Crippen molar-refractivity contribution in [2.45, 2.75) is 13.0 Å². The van der Waals surface area contributed by atoms with Crippen molar-refractivity contribution in [2.75, 3.05) is 13.7 Å². The van der Waals surface area contributed by atoms with Crippen LogP contribution >= 0.6 is 11.3 Å². The number of nitrogens with zero attached hydrogens (tertiary/aromatic N) is 4. The fourth-order valence-corrected chi connectivity index (χ4v) is 2.05. The highest BCUT2D eigenvalue weighted by Crippen LogP contribution is 2.19. The standard InChI is InChI=1S/C11H13N5O3S/c1-19-10(18)4-5-12-9(17)7-16-14-11(13-15-16)8-3-2-6-20-8/h2-3,6H,4-5,7H2,1H3,(H,12,17). The molecule has 20 heavy (non-hydrogen) atoms. The molecule has 2 heterocycles. The molecule has 1 N–H and O–H groups in total. The topological polar surface area (TPSA) is 99.0 Å². The van der Waals surface area contributed by atoms with Gasteiger partial charge in [-0.1, -0.05) is 6.07 Å². The lowest BCUT2D eigenvalue weighted by molar-refractivity contribution is -0.140. The molecule has 0 aliphatic heterocycles. The van der Waals surface area contributed by atoms with Gasteiger partial charge in [-0.05, 0) is 16.7 Å². The number of aromatic nitrogens is 4. The molecule has 0 spiro atoms. The molecule has 0 atom stereocenters. The summed E-state index contributed by atoms with van der Waals surface area (Å²) < 4.78 is 4.47. The number of tetrazole rings is 1. The average Bonchev–Trinajstić information content (AvgIpc) is 3.08. The second-order valence-electron chi connectivity index (χ2n) is 3.80. The quantitative estimate of drug-likeness (QED) is 0.758. The van der Waals surface area contributed by atoms with E-state index in [-0.39, 0.29) is 31.4 Å². The summed E-state index contributed by atoms with van der Waals surface area (Å²) in [6, 6.07) is 3.77. The Morgan fingerprint density at radius 3 is 3.05 bits per heavy atom. The third-order valence-electron chi connectivity index (χ3n) is 2.36. The van der Waals surface area contributed by atoms with Crippen LogP contribution in [0.5, 0.6) is 0 Å². The minimum Gasteiger partial charge on any atom is -0.469 e. The molecule has 0 aliphatic rings. The summed E-state index contributed by atoms with van der Waals surface area (Å²) >= 11 is 1.50. The maximum atomic E-state index is 11.6. The molecule has 0 aromatic carbocycles. The van der Waals surface area contributed by atoms with Gasteiger partial charge in [-0.25, -0.2) is 0 Å². The third-order valence-corrected chi connectivity index (χ3v) is 3.22. The molecule has 1 amide bonds. The molecule has 0 saturated heterocycles. The molecular weight excluding hydrogens is 282 g/mol. The Hall–Kier alpha value is -2.29. The highest BCUT2D eigenvalue weighted by atomic mass is 32.1. The first-order valence-corrected chi connectivity index (χ1v) is 6.72. The predicted molar refractivity (Wildman–Crippen MR) is 70.8 cm³/mol. The zero-order chi connectivity index (χ0) is 14.4. The normalized spacial score (nSPS) is 10.2. The van der Waals surface area contributed by atoms with E-state index < -0.39 is 0 Å². The van der Waals surface area contributed by atoms with Gasteiger partial charge in [0.15, 0.2) is 0 Å². The zero-order valence-corrected chi connectivity index (χ0v) is 11.6. The molecule has 0 radical (unpaired) electrons. The van der Waals surface area contributed by atoms with Crippen LogP contribution in [0.4, 0.5) is 0 Å². The van der Waals surface area contributed by atoms with Crippen molar-refractivity contribution in [3.63, 3.8) is 0 Å². The maximum absolute atomic E-state index is 11.6. The number of methoxy groups -OCH3 is 1. The molecule has 0 bridgehead atoms. The number of rotatable bonds is 6. The first-order valence-electron chi connectivity index (χ1n) is 5.84. The summed E-state index contributed by atoms with van der Waals surface area (Å²) in [6.45, 7) is 0.178. The average molecular weight is 295 g/mol. The van der Waals surface area contributed by atoms with E-state index in [0.29, 0.717) is 5.82 Å². The van der Waals surface area contributed by atoms with Crippen LogP contribution in [0.25, 0.3) is 10.7 Å². The smallest absolute Gasteiger partial charge is 0.307 e. The Kier molecular flexibility index (Phi) is 4.77. The number of hydrogen-bond donors (Lipinski definition) is 1. The van der Waals surface area contributed by atoms with Crippen molar-refractivity contribution in [1.29, 1.82) is 0 Å². The number of carbonyl (C=O) groups excluding carboxylic acids is 2.